The van der Waals surface area contributed by atoms with E-state index in [1.54, 1.807) is 30.0 Å². The molecule has 1 aromatic rings. The monoisotopic (exact) mass is 276 g/mol. The Morgan fingerprint density at radius 2 is 2.10 bits per heavy atom. The normalized spacial score (nSPS) is 13.9. The van der Waals surface area contributed by atoms with Crippen molar-refractivity contribution in [1.29, 1.82) is 0 Å². The lowest BCUT2D eigenvalue weighted by atomic mass is 10.1. The summed E-state index contributed by atoms with van der Waals surface area (Å²) in [7, 11) is 0. The number of carbonyl (C=O) groups is 2. The highest BCUT2D eigenvalue weighted by Crippen LogP contribution is 2.26. The van der Waals surface area contributed by atoms with Crippen LogP contribution in [0.3, 0.4) is 0 Å². The highest BCUT2D eigenvalue weighted by Gasteiger charge is 2.31. The fraction of sp³-hybridized carbons (Fsp3) is 0.467. The van der Waals surface area contributed by atoms with Crippen LogP contribution in [0.1, 0.15) is 35.7 Å². The fourth-order valence-corrected chi connectivity index (χ4v) is 2.23. The molecule has 1 aromatic carbocycles. The Hall–Kier alpha value is -2.04. The number of esters is 1. The first-order valence-electron chi connectivity index (χ1n) is 6.85. The number of aryl methyl sites for hydroxylation is 1. The van der Waals surface area contributed by atoms with Gasteiger partial charge in [-0.3, -0.25) is 4.79 Å². The van der Waals surface area contributed by atoms with E-state index in [2.05, 4.69) is 0 Å². The maximum atomic E-state index is 12.0. The van der Waals surface area contributed by atoms with E-state index in [0.29, 0.717) is 23.8 Å². The number of ether oxygens (including phenoxy) is 1. The van der Waals surface area contributed by atoms with Crippen molar-refractivity contribution in [2.45, 2.75) is 32.7 Å². The van der Waals surface area contributed by atoms with Crippen LogP contribution in [0.4, 0.5) is 5.69 Å². The zero-order valence-corrected chi connectivity index (χ0v) is 11.9. The molecule has 2 rings (SSSR count). The zero-order chi connectivity index (χ0) is 14.7. The molecule has 0 aliphatic heterocycles. The number of nitrogens with two attached hydrogens (primary N) is 1. The van der Waals surface area contributed by atoms with Gasteiger partial charge in [-0.1, -0.05) is 0 Å². The molecular formula is C15H20N2O3. The van der Waals surface area contributed by atoms with Crippen molar-refractivity contribution in [2.75, 3.05) is 18.9 Å². The summed E-state index contributed by atoms with van der Waals surface area (Å²) in [4.78, 5) is 25.7. The van der Waals surface area contributed by atoms with E-state index in [0.717, 1.165) is 18.4 Å². The van der Waals surface area contributed by atoms with E-state index in [1.165, 1.54) is 0 Å². The molecule has 0 radical (unpaired) electrons. The fourth-order valence-electron chi connectivity index (χ4n) is 2.23. The first-order valence-corrected chi connectivity index (χ1v) is 6.85. The third-order valence-corrected chi connectivity index (χ3v) is 3.45. The molecule has 0 unspecified atom stereocenters. The zero-order valence-electron chi connectivity index (χ0n) is 11.9. The third-order valence-electron chi connectivity index (χ3n) is 3.45. The maximum absolute atomic E-state index is 12.0. The smallest absolute Gasteiger partial charge is 0.338 e. The van der Waals surface area contributed by atoms with Crippen molar-refractivity contribution in [3.63, 3.8) is 0 Å². The second-order valence-corrected chi connectivity index (χ2v) is 5.06. The summed E-state index contributed by atoms with van der Waals surface area (Å²) in [6.45, 7) is 4.18. The van der Waals surface area contributed by atoms with Gasteiger partial charge in [0.25, 0.3) is 5.91 Å². The van der Waals surface area contributed by atoms with Crippen LogP contribution in [0.2, 0.25) is 0 Å². The average Bonchev–Trinajstić information content (AvgIpc) is 3.21. The van der Waals surface area contributed by atoms with Crippen LogP contribution in [0.15, 0.2) is 18.2 Å². The molecule has 0 bridgehead atoms. The minimum Gasteiger partial charge on any atom is -0.452 e. The van der Waals surface area contributed by atoms with Crippen LogP contribution in [-0.4, -0.2) is 36.0 Å². The lowest BCUT2D eigenvalue weighted by Gasteiger charge is -2.20. The van der Waals surface area contributed by atoms with E-state index in [1.807, 2.05) is 6.92 Å². The summed E-state index contributed by atoms with van der Waals surface area (Å²) in [5.74, 6) is -0.612. The van der Waals surface area contributed by atoms with Crippen molar-refractivity contribution in [3.05, 3.63) is 29.3 Å². The molecule has 0 aromatic heterocycles. The number of benzene rings is 1. The predicted molar refractivity (Wildman–Crippen MR) is 76.3 cm³/mol. The van der Waals surface area contributed by atoms with E-state index >= 15 is 0 Å². The Morgan fingerprint density at radius 1 is 1.40 bits per heavy atom. The molecule has 0 heterocycles. The Balaban J connectivity index is 1.92. The lowest BCUT2D eigenvalue weighted by molar-refractivity contribution is -0.134. The summed E-state index contributed by atoms with van der Waals surface area (Å²) in [6.07, 6.45) is 2.09. The minimum absolute atomic E-state index is 0.128. The molecule has 1 aliphatic carbocycles. The second-order valence-electron chi connectivity index (χ2n) is 5.06. The number of rotatable bonds is 5. The first kappa shape index (κ1) is 14.4. The van der Waals surface area contributed by atoms with Gasteiger partial charge in [-0.15, -0.1) is 0 Å². The molecule has 2 N–H and O–H groups in total. The summed E-state index contributed by atoms with van der Waals surface area (Å²) < 4.78 is 5.10. The molecule has 1 aliphatic rings. The van der Waals surface area contributed by atoms with Crippen molar-refractivity contribution in [2.24, 2.45) is 0 Å². The average molecular weight is 276 g/mol. The van der Waals surface area contributed by atoms with Crippen molar-refractivity contribution in [3.8, 4) is 0 Å². The number of carbonyl (C=O) groups excluding carboxylic acids is 2. The van der Waals surface area contributed by atoms with Gasteiger partial charge < -0.3 is 15.4 Å². The van der Waals surface area contributed by atoms with Gasteiger partial charge in [0.15, 0.2) is 6.61 Å². The van der Waals surface area contributed by atoms with Gasteiger partial charge in [-0.25, -0.2) is 4.79 Å². The second kappa shape index (κ2) is 5.94. The van der Waals surface area contributed by atoms with Crippen LogP contribution < -0.4 is 5.73 Å². The van der Waals surface area contributed by atoms with E-state index < -0.39 is 5.97 Å². The largest absolute Gasteiger partial charge is 0.452 e. The SMILES string of the molecule is CCN(C(=O)COC(=O)c1ccc(N)cc1C)C1CC1. The molecular weight excluding hydrogens is 256 g/mol. The lowest BCUT2D eigenvalue weighted by Crippen LogP contribution is -2.36. The van der Waals surface area contributed by atoms with Crippen molar-refractivity contribution in [1.82, 2.24) is 4.90 Å². The van der Waals surface area contributed by atoms with Gasteiger partial charge in [-0.05, 0) is 50.5 Å². The Morgan fingerprint density at radius 3 is 2.65 bits per heavy atom. The molecule has 1 amide bonds. The summed E-state index contributed by atoms with van der Waals surface area (Å²) in [6, 6.07) is 5.31. The quantitative estimate of drug-likeness (QED) is 0.657. The van der Waals surface area contributed by atoms with Gasteiger partial charge >= 0.3 is 5.97 Å². The van der Waals surface area contributed by atoms with Gasteiger partial charge in [0, 0.05) is 18.3 Å². The maximum Gasteiger partial charge on any atom is 0.338 e. The molecule has 0 spiro atoms. The number of anilines is 1. The molecule has 5 nitrogen and oxygen atoms in total. The molecule has 1 saturated carbocycles. The predicted octanol–water partition coefficient (Wildman–Crippen LogP) is 1.74. The Labute approximate surface area is 118 Å². The summed E-state index contributed by atoms with van der Waals surface area (Å²) in [5, 5.41) is 0. The highest BCUT2D eigenvalue weighted by molar-refractivity contribution is 5.93. The van der Waals surface area contributed by atoms with Gasteiger partial charge in [0.1, 0.15) is 0 Å². The summed E-state index contributed by atoms with van der Waals surface area (Å²) >= 11 is 0. The molecule has 20 heavy (non-hydrogen) atoms. The Bertz CT molecular complexity index is 524. The number of hydrogen-bond acceptors (Lipinski definition) is 4. The topological polar surface area (TPSA) is 72.6 Å². The van der Waals surface area contributed by atoms with Crippen LogP contribution in [-0.2, 0) is 9.53 Å². The number of amides is 1. The van der Waals surface area contributed by atoms with Crippen LogP contribution in [0, 0.1) is 6.92 Å². The van der Waals surface area contributed by atoms with Gasteiger partial charge in [-0.2, -0.15) is 0 Å². The molecule has 1 fully saturated rings. The van der Waals surface area contributed by atoms with E-state index in [9.17, 15) is 9.59 Å². The highest BCUT2D eigenvalue weighted by atomic mass is 16.5. The van der Waals surface area contributed by atoms with E-state index in [4.69, 9.17) is 10.5 Å². The minimum atomic E-state index is -0.484. The third kappa shape index (κ3) is 3.29. The van der Waals surface area contributed by atoms with Crippen molar-refractivity contribution < 1.29 is 14.3 Å². The molecule has 0 saturated heterocycles. The first-order chi connectivity index (χ1) is 9.52. The molecule has 108 valence electrons. The number of nitrogens with zero attached hydrogens (tertiary/aromatic N) is 1. The van der Waals surface area contributed by atoms with Crippen LogP contribution in [0.25, 0.3) is 0 Å². The molecule has 0 atom stereocenters. The van der Waals surface area contributed by atoms with Gasteiger partial charge in [0.2, 0.25) is 0 Å². The summed E-state index contributed by atoms with van der Waals surface area (Å²) in [5.41, 5.74) is 7.43. The van der Waals surface area contributed by atoms with E-state index in [-0.39, 0.29) is 12.5 Å². The number of hydrogen-bond donors (Lipinski definition) is 1. The standard InChI is InChI=1S/C15H20N2O3/c1-3-17(12-5-6-12)14(18)9-20-15(19)13-7-4-11(16)8-10(13)2/h4,7-8,12H,3,5-6,9,16H2,1-2H3. The Kier molecular flexibility index (Phi) is 4.27. The number of likely N-dealkylation sites (N-methyl/N-ethyl adjacent to an activating group) is 1. The van der Waals surface area contributed by atoms with Crippen LogP contribution >= 0.6 is 0 Å². The molecule has 5 heteroatoms. The number of nitrogen functional groups attached to an aromatic ring is 1. The van der Waals surface area contributed by atoms with Crippen molar-refractivity contribution >= 4 is 17.6 Å². The van der Waals surface area contributed by atoms with Crippen LogP contribution in [0.5, 0.6) is 0 Å². The van der Waals surface area contributed by atoms with Gasteiger partial charge in [0.05, 0.1) is 5.56 Å².